The SMILES string of the molecule is CCCC(CC(=O)O)NC(=O)Nc1ccc(Br)c(F)c1. The molecule has 0 fully saturated rings. The van der Waals surface area contributed by atoms with Gasteiger partial charge in [0.15, 0.2) is 0 Å². The average molecular weight is 347 g/mol. The van der Waals surface area contributed by atoms with Crippen LogP contribution in [0.15, 0.2) is 22.7 Å². The summed E-state index contributed by atoms with van der Waals surface area (Å²) in [7, 11) is 0. The van der Waals surface area contributed by atoms with Crippen molar-refractivity contribution < 1.29 is 19.1 Å². The molecule has 0 radical (unpaired) electrons. The Morgan fingerprint density at radius 1 is 1.45 bits per heavy atom. The molecule has 0 saturated heterocycles. The lowest BCUT2D eigenvalue weighted by Crippen LogP contribution is -2.39. The molecule has 5 nitrogen and oxygen atoms in total. The van der Waals surface area contributed by atoms with E-state index in [2.05, 4.69) is 26.6 Å². The Labute approximate surface area is 124 Å². The highest BCUT2D eigenvalue weighted by Crippen LogP contribution is 2.19. The predicted molar refractivity (Wildman–Crippen MR) is 77.2 cm³/mol. The molecule has 0 aliphatic carbocycles. The van der Waals surface area contributed by atoms with Gasteiger partial charge in [0, 0.05) is 11.7 Å². The van der Waals surface area contributed by atoms with Gasteiger partial charge >= 0.3 is 12.0 Å². The molecular weight excluding hydrogens is 331 g/mol. The van der Waals surface area contributed by atoms with Gasteiger partial charge in [0.05, 0.1) is 10.9 Å². The van der Waals surface area contributed by atoms with Gasteiger partial charge in [-0.25, -0.2) is 9.18 Å². The maximum Gasteiger partial charge on any atom is 0.319 e. The fourth-order valence-corrected chi connectivity index (χ4v) is 1.96. The minimum Gasteiger partial charge on any atom is -0.481 e. The maximum atomic E-state index is 13.3. The highest BCUT2D eigenvalue weighted by molar-refractivity contribution is 9.10. The monoisotopic (exact) mass is 346 g/mol. The topological polar surface area (TPSA) is 78.4 Å². The van der Waals surface area contributed by atoms with Gasteiger partial charge < -0.3 is 15.7 Å². The van der Waals surface area contributed by atoms with Crippen LogP contribution in [0.3, 0.4) is 0 Å². The molecule has 1 atom stereocenters. The van der Waals surface area contributed by atoms with Crippen molar-refractivity contribution in [2.24, 2.45) is 0 Å². The Bertz CT molecular complexity index is 497. The molecule has 1 rings (SSSR count). The molecule has 0 saturated carbocycles. The van der Waals surface area contributed by atoms with Crippen LogP contribution in [0.2, 0.25) is 0 Å². The number of carboxylic acids is 1. The normalized spacial score (nSPS) is 11.8. The van der Waals surface area contributed by atoms with Crippen LogP contribution in [0, 0.1) is 5.82 Å². The van der Waals surface area contributed by atoms with Crippen molar-refractivity contribution in [1.82, 2.24) is 5.32 Å². The molecule has 1 aromatic rings. The molecule has 1 unspecified atom stereocenters. The Hall–Kier alpha value is -1.63. The lowest BCUT2D eigenvalue weighted by molar-refractivity contribution is -0.137. The van der Waals surface area contributed by atoms with Crippen LogP contribution >= 0.6 is 15.9 Å². The second-order valence-corrected chi connectivity index (χ2v) is 5.17. The van der Waals surface area contributed by atoms with E-state index in [-0.39, 0.29) is 6.42 Å². The second kappa shape index (κ2) is 7.84. The maximum absolute atomic E-state index is 13.3. The number of benzene rings is 1. The molecule has 0 aromatic heterocycles. The summed E-state index contributed by atoms with van der Waals surface area (Å²) in [5.74, 6) is -1.46. The zero-order chi connectivity index (χ0) is 15.1. The van der Waals surface area contributed by atoms with E-state index in [4.69, 9.17) is 5.11 Å². The summed E-state index contributed by atoms with van der Waals surface area (Å²) in [6.07, 6.45) is 1.18. The van der Waals surface area contributed by atoms with E-state index in [0.29, 0.717) is 16.6 Å². The van der Waals surface area contributed by atoms with E-state index < -0.39 is 23.9 Å². The van der Waals surface area contributed by atoms with E-state index in [9.17, 15) is 14.0 Å². The van der Waals surface area contributed by atoms with Crippen LogP contribution < -0.4 is 10.6 Å². The largest absolute Gasteiger partial charge is 0.481 e. The van der Waals surface area contributed by atoms with Gasteiger partial charge in [0.25, 0.3) is 0 Å². The van der Waals surface area contributed by atoms with Crippen LogP contribution in [0.1, 0.15) is 26.2 Å². The third-order valence-electron chi connectivity index (χ3n) is 2.57. The standard InChI is InChI=1S/C13H16BrFN2O3/c1-2-3-8(7-12(18)19)16-13(20)17-9-4-5-10(14)11(15)6-9/h4-6,8H,2-3,7H2,1H3,(H,18,19)(H2,16,17,20). The third-order valence-corrected chi connectivity index (χ3v) is 3.21. The van der Waals surface area contributed by atoms with Crippen LogP contribution in [-0.2, 0) is 4.79 Å². The highest BCUT2D eigenvalue weighted by atomic mass is 79.9. The van der Waals surface area contributed by atoms with Crippen molar-refractivity contribution in [3.8, 4) is 0 Å². The molecule has 0 spiro atoms. The molecule has 0 bridgehead atoms. The minimum atomic E-state index is -0.974. The van der Waals surface area contributed by atoms with Crippen molar-refractivity contribution in [2.45, 2.75) is 32.2 Å². The number of anilines is 1. The lowest BCUT2D eigenvalue weighted by atomic mass is 10.1. The third kappa shape index (κ3) is 5.56. The fourth-order valence-electron chi connectivity index (χ4n) is 1.71. The van der Waals surface area contributed by atoms with Crippen LogP contribution in [-0.4, -0.2) is 23.1 Å². The molecule has 20 heavy (non-hydrogen) atoms. The Morgan fingerprint density at radius 2 is 2.15 bits per heavy atom. The highest BCUT2D eigenvalue weighted by Gasteiger charge is 2.15. The summed E-state index contributed by atoms with van der Waals surface area (Å²) in [6.45, 7) is 1.90. The predicted octanol–water partition coefficient (Wildman–Crippen LogP) is 3.35. The molecule has 110 valence electrons. The number of rotatable bonds is 6. The zero-order valence-corrected chi connectivity index (χ0v) is 12.5. The number of urea groups is 1. The van der Waals surface area contributed by atoms with Crippen molar-refractivity contribution >= 4 is 33.6 Å². The summed E-state index contributed by atoms with van der Waals surface area (Å²) in [4.78, 5) is 22.4. The van der Waals surface area contributed by atoms with Gasteiger partial charge in [-0.05, 0) is 40.5 Å². The van der Waals surface area contributed by atoms with E-state index in [1.165, 1.54) is 12.1 Å². The van der Waals surface area contributed by atoms with Gasteiger partial charge in [-0.1, -0.05) is 13.3 Å². The molecule has 0 aliphatic heterocycles. The summed E-state index contributed by atoms with van der Waals surface area (Å²) < 4.78 is 13.6. The lowest BCUT2D eigenvalue weighted by Gasteiger charge is -2.16. The molecule has 0 aliphatic rings. The van der Waals surface area contributed by atoms with Crippen molar-refractivity contribution in [3.05, 3.63) is 28.5 Å². The average Bonchev–Trinajstić information content (AvgIpc) is 2.33. The molecule has 0 heterocycles. The van der Waals surface area contributed by atoms with E-state index in [1.54, 1.807) is 6.07 Å². The molecular formula is C13H16BrFN2O3. The number of halogens is 2. The Balaban J connectivity index is 2.60. The molecule has 2 amide bonds. The number of nitrogens with one attached hydrogen (secondary N) is 2. The number of aliphatic carboxylic acids is 1. The summed E-state index contributed by atoms with van der Waals surface area (Å²) >= 11 is 3.01. The van der Waals surface area contributed by atoms with Gasteiger partial charge in [0.1, 0.15) is 5.82 Å². The zero-order valence-electron chi connectivity index (χ0n) is 11.0. The summed E-state index contributed by atoms with van der Waals surface area (Å²) in [6, 6.07) is 3.20. The second-order valence-electron chi connectivity index (χ2n) is 4.31. The first-order valence-electron chi connectivity index (χ1n) is 6.16. The number of carbonyl (C=O) groups is 2. The van der Waals surface area contributed by atoms with Crippen LogP contribution in [0.25, 0.3) is 0 Å². The fraction of sp³-hybridized carbons (Fsp3) is 0.385. The van der Waals surface area contributed by atoms with Crippen LogP contribution in [0.5, 0.6) is 0 Å². The molecule has 1 aromatic carbocycles. The Morgan fingerprint density at radius 3 is 2.70 bits per heavy atom. The number of carboxylic acid groups (broad SMARTS) is 1. The molecule has 3 N–H and O–H groups in total. The number of carbonyl (C=O) groups excluding carboxylic acids is 1. The quantitative estimate of drug-likeness (QED) is 0.738. The van der Waals surface area contributed by atoms with Gasteiger partial charge in [-0.2, -0.15) is 0 Å². The first-order chi connectivity index (χ1) is 9.42. The van der Waals surface area contributed by atoms with Crippen molar-refractivity contribution in [3.63, 3.8) is 0 Å². The van der Waals surface area contributed by atoms with E-state index in [0.717, 1.165) is 6.42 Å². The first-order valence-corrected chi connectivity index (χ1v) is 6.96. The molecule has 7 heteroatoms. The Kier molecular flexibility index (Phi) is 6.44. The number of amides is 2. The summed E-state index contributed by atoms with van der Waals surface area (Å²) in [5, 5.41) is 13.8. The van der Waals surface area contributed by atoms with Crippen LogP contribution in [0.4, 0.5) is 14.9 Å². The number of hydrogen-bond donors (Lipinski definition) is 3. The van der Waals surface area contributed by atoms with E-state index >= 15 is 0 Å². The van der Waals surface area contributed by atoms with Crippen molar-refractivity contribution in [2.75, 3.05) is 5.32 Å². The van der Waals surface area contributed by atoms with Gasteiger partial charge in [-0.3, -0.25) is 4.79 Å². The first kappa shape index (κ1) is 16.4. The van der Waals surface area contributed by atoms with E-state index in [1.807, 2.05) is 6.92 Å². The minimum absolute atomic E-state index is 0.143. The number of hydrogen-bond acceptors (Lipinski definition) is 2. The smallest absolute Gasteiger partial charge is 0.319 e. The van der Waals surface area contributed by atoms with Gasteiger partial charge in [0.2, 0.25) is 0 Å². The van der Waals surface area contributed by atoms with Crippen molar-refractivity contribution in [1.29, 1.82) is 0 Å². The van der Waals surface area contributed by atoms with Gasteiger partial charge in [-0.15, -0.1) is 0 Å². The summed E-state index contributed by atoms with van der Waals surface area (Å²) in [5.41, 5.74) is 0.300.